The van der Waals surface area contributed by atoms with Crippen molar-refractivity contribution in [3.05, 3.63) is 35.6 Å². The second-order valence-corrected chi connectivity index (χ2v) is 6.21. The molecule has 118 valence electrons. The summed E-state index contributed by atoms with van der Waals surface area (Å²) in [5.74, 6) is -0.275. The predicted molar refractivity (Wildman–Crippen MR) is 82.5 cm³/mol. The van der Waals surface area contributed by atoms with Gasteiger partial charge in [0.2, 0.25) is 5.91 Å². The van der Waals surface area contributed by atoms with Crippen LogP contribution in [0.15, 0.2) is 24.3 Å². The van der Waals surface area contributed by atoms with Crippen molar-refractivity contribution in [1.29, 1.82) is 5.26 Å². The number of hydrogen-bond donors (Lipinski definition) is 1. The molecule has 1 atom stereocenters. The maximum Gasteiger partial charge on any atom is 0.234 e. The predicted octanol–water partition coefficient (Wildman–Crippen LogP) is 2.11. The van der Waals surface area contributed by atoms with Gasteiger partial charge in [-0.15, -0.1) is 0 Å². The lowest BCUT2D eigenvalue weighted by Gasteiger charge is -2.35. The van der Waals surface area contributed by atoms with Crippen molar-refractivity contribution in [3.63, 3.8) is 0 Å². The number of nitrogens with zero attached hydrogens (tertiary/aromatic N) is 2. The third kappa shape index (κ3) is 4.81. The summed E-state index contributed by atoms with van der Waals surface area (Å²) >= 11 is 0. The molecule has 1 aliphatic heterocycles. The molecule has 0 radical (unpaired) electrons. The lowest BCUT2D eigenvalue weighted by Crippen LogP contribution is -2.46. The third-order valence-electron chi connectivity index (χ3n) is 4.06. The van der Waals surface area contributed by atoms with Gasteiger partial charge in [0, 0.05) is 13.1 Å². The van der Waals surface area contributed by atoms with Crippen LogP contribution < -0.4 is 5.32 Å². The Morgan fingerprint density at radius 3 is 2.86 bits per heavy atom. The largest absolute Gasteiger partial charge is 0.355 e. The number of rotatable bonds is 5. The number of hydrogen-bond acceptors (Lipinski definition) is 3. The number of piperidine rings is 1. The Morgan fingerprint density at radius 1 is 1.45 bits per heavy atom. The number of carbonyl (C=O) groups excluding carboxylic acids is 1. The second-order valence-electron chi connectivity index (χ2n) is 6.21. The Bertz CT molecular complexity index is 552. The maximum atomic E-state index is 12.8. The summed E-state index contributed by atoms with van der Waals surface area (Å²) in [5.41, 5.74) is 0.656. The Kier molecular flexibility index (Phi) is 5.51. The number of amides is 1. The molecule has 0 saturated carbocycles. The van der Waals surface area contributed by atoms with Gasteiger partial charge in [-0.05, 0) is 50.4 Å². The highest BCUT2D eigenvalue weighted by molar-refractivity contribution is 5.78. The van der Waals surface area contributed by atoms with E-state index in [9.17, 15) is 14.4 Å². The van der Waals surface area contributed by atoms with Gasteiger partial charge >= 0.3 is 0 Å². The van der Waals surface area contributed by atoms with Gasteiger partial charge < -0.3 is 5.32 Å². The van der Waals surface area contributed by atoms with Crippen molar-refractivity contribution in [2.24, 2.45) is 5.41 Å². The number of likely N-dealkylation sites (tertiary alicyclic amines) is 1. The highest BCUT2D eigenvalue weighted by atomic mass is 19.1. The van der Waals surface area contributed by atoms with E-state index in [2.05, 4.69) is 11.4 Å². The lowest BCUT2D eigenvalue weighted by atomic mass is 9.83. The van der Waals surface area contributed by atoms with E-state index in [1.807, 2.05) is 11.8 Å². The molecule has 0 spiro atoms. The Hall–Kier alpha value is -1.93. The quantitative estimate of drug-likeness (QED) is 0.906. The SMILES string of the molecule is CC1(C#N)CCCN(CC(=O)NCCc2ccc(F)cc2)C1. The van der Waals surface area contributed by atoms with Crippen LogP contribution in [0.2, 0.25) is 0 Å². The first-order chi connectivity index (χ1) is 10.5. The number of benzene rings is 1. The zero-order valence-electron chi connectivity index (χ0n) is 12.9. The molecule has 1 aromatic rings. The van der Waals surface area contributed by atoms with Crippen molar-refractivity contribution in [3.8, 4) is 6.07 Å². The highest BCUT2D eigenvalue weighted by Gasteiger charge is 2.31. The standard InChI is InChI=1S/C17H22FN3O/c1-17(12-19)8-2-10-21(13-17)11-16(22)20-9-7-14-3-5-15(18)6-4-14/h3-6H,2,7-11,13H2,1H3,(H,20,22). The molecule has 1 aliphatic rings. The lowest BCUT2D eigenvalue weighted by molar-refractivity contribution is -0.122. The van der Waals surface area contributed by atoms with Crippen molar-refractivity contribution in [1.82, 2.24) is 10.2 Å². The summed E-state index contributed by atoms with van der Waals surface area (Å²) < 4.78 is 12.8. The molecule has 1 amide bonds. The minimum atomic E-state index is -0.341. The van der Waals surface area contributed by atoms with E-state index >= 15 is 0 Å². The van der Waals surface area contributed by atoms with Crippen molar-refractivity contribution in [2.75, 3.05) is 26.2 Å². The molecular weight excluding hydrogens is 281 g/mol. The molecule has 1 fully saturated rings. The molecule has 1 aromatic carbocycles. The van der Waals surface area contributed by atoms with Crippen LogP contribution >= 0.6 is 0 Å². The van der Waals surface area contributed by atoms with Crippen LogP contribution in [0.5, 0.6) is 0 Å². The van der Waals surface area contributed by atoms with Gasteiger partial charge in [-0.1, -0.05) is 12.1 Å². The van der Waals surface area contributed by atoms with Gasteiger partial charge in [0.15, 0.2) is 0 Å². The highest BCUT2D eigenvalue weighted by Crippen LogP contribution is 2.27. The van der Waals surface area contributed by atoms with Crippen LogP contribution in [0.1, 0.15) is 25.3 Å². The molecule has 0 aromatic heterocycles. The zero-order chi connectivity index (χ0) is 16.0. The molecule has 22 heavy (non-hydrogen) atoms. The van der Waals surface area contributed by atoms with Crippen LogP contribution in [0, 0.1) is 22.6 Å². The van der Waals surface area contributed by atoms with E-state index in [0.29, 0.717) is 26.1 Å². The van der Waals surface area contributed by atoms with Crippen LogP contribution in [-0.2, 0) is 11.2 Å². The fourth-order valence-corrected chi connectivity index (χ4v) is 2.83. The summed E-state index contributed by atoms with van der Waals surface area (Å²) in [7, 11) is 0. The normalized spacial score (nSPS) is 22.0. The fourth-order valence-electron chi connectivity index (χ4n) is 2.83. The van der Waals surface area contributed by atoms with E-state index in [1.165, 1.54) is 12.1 Å². The molecule has 1 unspecified atom stereocenters. The van der Waals surface area contributed by atoms with Gasteiger partial charge in [-0.2, -0.15) is 5.26 Å². The summed E-state index contributed by atoms with van der Waals surface area (Å²) in [6, 6.07) is 8.65. The second kappa shape index (κ2) is 7.37. The molecule has 5 heteroatoms. The van der Waals surface area contributed by atoms with Gasteiger partial charge in [0.25, 0.3) is 0 Å². The van der Waals surface area contributed by atoms with Crippen molar-refractivity contribution in [2.45, 2.75) is 26.2 Å². The minimum Gasteiger partial charge on any atom is -0.355 e. The van der Waals surface area contributed by atoms with E-state index in [0.717, 1.165) is 24.9 Å². The Morgan fingerprint density at radius 2 is 2.18 bits per heavy atom. The monoisotopic (exact) mass is 303 g/mol. The van der Waals surface area contributed by atoms with Gasteiger partial charge in [-0.25, -0.2) is 4.39 Å². The van der Waals surface area contributed by atoms with E-state index in [1.54, 1.807) is 12.1 Å². The van der Waals surface area contributed by atoms with Crippen molar-refractivity contribution >= 4 is 5.91 Å². The molecule has 1 N–H and O–H groups in total. The summed E-state index contributed by atoms with van der Waals surface area (Å²) in [6.45, 7) is 4.33. The number of carbonyl (C=O) groups is 1. The fraction of sp³-hybridized carbons (Fsp3) is 0.529. The molecule has 0 bridgehead atoms. The number of halogens is 1. The average molecular weight is 303 g/mol. The first kappa shape index (κ1) is 16.4. The van der Waals surface area contributed by atoms with E-state index in [-0.39, 0.29) is 17.1 Å². The topological polar surface area (TPSA) is 56.1 Å². The average Bonchev–Trinajstić information content (AvgIpc) is 2.49. The zero-order valence-corrected chi connectivity index (χ0v) is 12.9. The third-order valence-corrected chi connectivity index (χ3v) is 4.06. The van der Waals surface area contributed by atoms with Gasteiger partial charge in [0.05, 0.1) is 18.0 Å². The maximum absolute atomic E-state index is 12.8. The molecule has 0 aliphatic carbocycles. The number of nitrogens with one attached hydrogen (secondary N) is 1. The smallest absolute Gasteiger partial charge is 0.234 e. The van der Waals surface area contributed by atoms with Crippen LogP contribution in [0.4, 0.5) is 4.39 Å². The van der Waals surface area contributed by atoms with Crippen LogP contribution in [0.25, 0.3) is 0 Å². The molecule has 1 saturated heterocycles. The van der Waals surface area contributed by atoms with E-state index < -0.39 is 0 Å². The summed E-state index contributed by atoms with van der Waals surface area (Å²) in [4.78, 5) is 14.0. The summed E-state index contributed by atoms with van der Waals surface area (Å²) in [6.07, 6.45) is 2.53. The Balaban J connectivity index is 1.72. The van der Waals surface area contributed by atoms with Crippen LogP contribution in [0.3, 0.4) is 0 Å². The Labute approximate surface area is 130 Å². The van der Waals surface area contributed by atoms with Gasteiger partial charge in [-0.3, -0.25) is 9.69 Å². The molecular formula is C17H22FN3O. The van der Waals surface area contributed by atoms with Crippen molar-refractivity contribution < 1.29 is 9.18 Å². The molecule has 2 rings (SSSR count). The van der Waals surface area contributed by atoms with Crippen LogP contribution in [-0.4, -0.2) is 37.0 Å². The first-order valence-electron chi connectivity index (χ1n) is 7.65. The summed E-state index contributed by atoms with van der Waals surface area (Å²) in [5, 5.41) is 12.1. The minimum absolute atomic E-state index is 0.0238. The molecule has 1 heterocycles. The van der Waals surface area contributed by atoms with E-state index in [4.69, 9.17) is 0 Å². The van der Waals surface area contributed by atoms with Gasteiger partial charge in [0.1, 0.15) is 5.82 Å². The molecule has 4 nitrogen and oxygen atoms in total. The number of nitriles is 1. The first-order valence-corrected chi connectivity index (χ1v) is 7.65.